The third-order valence-corrected chi connectivity index (χ3v) is 50.4. The summed E-state index contributed by atoms with van der Waals surface area (Å²) in [6.45, 7) is 5.12. The van der Waals surface area contributed by atoms with Crippen molar-refractivity contribution in [1.82, 2.24) is 14.3 Å². The van der Waals surface area contributed by atoms with E-state index in [1.54, 1.807) is 20.8 Å². The minimum Gasteiger partial charge on any atom is -0.425 e. The smallest absolute Gasteiger partial charge is 0.284 e. The Kier molecular flexibility index (Phi) is 51.2. The minimum absolute atomic E-state index is 0.0276. The van der Waals surface area contributed by atoms with E-state index in [0.717, 1.165) is 0 Å². The van der Waals surface area contributed by atoms with E-state index in [0.29, 0.717) is 17.7 Å². The van der Waals surface area contributed by atoms with E-state index in [1.165, 1.54) is 0 Å². The van der Waals surface area contributed by atoms with Gasteiger partial charge >= 0.3 is 0 Å². The molecule has 52 heteroatoms. The Labute approximate surface area is 649 Å². The summed E-state index contributed by atoms with van der Waals surface area (Å²) in [5, 5.41) is 20.1. The molecule has 8 nitrogen and oxygen atoms in total. The number of amides is 3. The van der Waals surface area contributed by atoms with Gasteiger partial charge in [-0.3, -0.25) is 14.4 Å². The molecule has 3 amide bonds. The zero-order valence-corrected chi connectivity index (χ0v) is 75.4. The van der Waals surface area contributed by atoms with Crippen LogP contribution in [0.1, 0.15) is 20.8 Å². The molecular weight excluding hydrogens is 3040 g/mol. The molecule has 0 fully saturated rings. The van der Waals surface area contributed by atoms with Crippen LogP contribution >= 0.6 is 447 Å². The summed E-state index contributed by atoms with van der Waals surface area (Å²) in [5.74, 6) is -0.00384. The highest BCUT2D eigenvalue weighted by Crippen LogP contribution is 2.33. The van der Waals surface area contributed by atoms with Crippen LogP contribution < -0.4 is 0 Å². The first-order chi connectivity index (χ1) is 28.5. The molecule has 0 aliphatic heterocycles. The summed E-state index contributed by atoms with van der Waals surface area (Å²) in [7, 11) is 8.89. The van der Waals surface area contributed by atoms with Gasteiger partial charge in [-0.25, -0.2) is 0 Å². The van der Waals surface area contributed by atoms with Crippen molar-refractivity contribution < 1.29 is 24.6 Å². The molecule has 0 saturated carbocycles. The van der Waals surface area contributed by atoms with Crippen molar-refractivity contribution in [3.63, 3.8) is 0 Å². The van der Waals surface area contributed by atoms with Gasteiger partial charge in [0.25, 0.3) is 9.19 Å². The Balaban J connectivity index is 6.52. The van der Waals surface area contributed by atoms with Gasteiger partial charge in [0.2, 0.25) is 38.4 Å². The molecule has 0 unspecified atom stereocenters. The summed E-state index contributed by atoms with van der Waals surface area (Å²) in [6.07, 6.45) is 0. The maximum atomic E-state index is 13.7. The van der Waals surface area contributed by atoms with Crippen molar-refractivity contribution in [2.75, 3.05) is 26.3 Å². The van der Waals surface area contributed by atoms with E-state index in [4.69, 9.17) is 0 Å². The van der Waals surface area contributed by atoms with Gasteiger partial charge in [-0.2, -0.15) is 313 Å². The predicted octanol–water partition coefficient (Wildman–Crippen LogP) is 6.92. The summed E-state index contributed by atoms with van der Waals surface area (Å²) < 4.78 is 4.90. The Morgan fingerprint density at radius 1 is 0.387 bits per heavy atom. The predicted molar refractivity (Wildman–Crippen MR) is 480 cm³/mol. The van der Waals surface area contributed by atoms with Crippen LogP contribution in [0.15, 0.2) is 0 Å². The van der Waals surface area contributed by atoms with Crippen LogP contribution in [0.2, 0.25) is 0 Å². The van der Waals surface area contributed by atoms with Gasteiger partial charge in [0.1, 0.15) is 8.70 Å². The molecular formula is C10H19B24I20N3O5. The third kappa shape index (κ3) is 26.8. The zero-order valence-electron chi connectivity index (χ0n) is 32.2. The SMILES string of the molecule is CC(=O)N(CCO)B(B(I)B(I)[B][B]B(I)I)B(I)B(I)B(I)B(I)B(I)B(I)N(B(I)B(I)B(I)B(I)B(I)B(I)B(B(I)B(I)[B][B]B(I)I)N(CCO)C(C)=O)C(C)=O. The first-order valence-electron chi connectivity index (χ1n) is 17.8. The summed E-state index contributed by atoms with van der Waals surface area (Å²) in [6, 6.07) is 0. The van der Waals surface area contributed by atoms with Crippen molar-refractivity contribution in [3.8, 4) is 0 Å². The highest BCUT2D eigenvalue weighted by Gasteiger charge is 2.57. The van der Waals surface area contributed by atoms with E-state index in [1.807, 2.05) is 9.62 Å². The number of aliphatic hydroxyl groups excluding tert-OH is 2. The van der Waals surface area contributed by atoms with Gasteiger partial charge < -0.3 is 24.6 Å². The molecule has 316 valence electrons. The van der Waals surface area contributed by atoms with Crippen molar-refractivity contribution >= 4 is 581 Å². The maximum Gasteiger partial charge on any atom is 0.284 e. The lowest BCUT2D eigenvalue weighted by Crippen LogP contribution is -2.70. The molecule has 0 bridgehead atoms. The van der Waals surface area contributed by atoms with Crippen LogP contribution in [0.4, 0.5) is 0 Å². The van der Waals surface area contributed by atoms with Gasteiger partial charge in [-0.1, -0.05) is 0 Å². The zero-order chi connectivity index (χ0) is 48.7. The molecule has 0 aromatic rings. The largest absolute Gasteiger partial charge is 0.425 e. The fourth-order valence-electron chi connectivity index (χ4n) is 5.78. The van der Waals surface area contributed by atoms with Gasteiger partial charge in [0, 0.05) is 48.0 Å². The highest BCUT2D eigenvalue weighted by molar-refractivity contribution is 14.3. The van der Waals surface area contributed by atoms with Crippen LogP contribution in [0, 0.1) is 0 Å². The van der Waals surface area contributed by atoms with E-state index in [2.05, 4.69) is 480 Å². The quantitative estimate of drug-likeness (QED) is 0.0602. The molecule has 0 aliphatic rings. The summed E-state index contributed by atoms with van der Waals surface area (Å²) in [4.78, 5) is 43.7. The molecule has 0 atom stereocenters. The number of nitrogens with zero attached hydrogens (tertiary/aromatic N) is 3. The van der Waals surface area contributed by atoms with Crippen LogP contribution in [0.25, 0.3) is 0 Å². The fourth-order valence-corrected chi connectivity index (χ4v) is 30.5. The Hall–Kier alpha value is 14.5. The number of hydrogen-bond donors (Lipinski definition) is 2. The standard InChI is InChI=1S/C10H19B24I20N3O5/c1-8(60)55(4-6-58)31(19(41)15(35)11-13-17(37)38)27(49)23(45)21(43)25(47)29(51)33(53)57(10(3)62)34(54)30(52)26(48)22(44)24(46)28(50)32(56(5-7-59)9(2)61)20(42)16(36)12-14-18(39)40/h58-59H,4-7H2,1-3H3. The molecule has 0 aromatic carbocycles. The number of hydrogen-bond acceptors (Lipinski definition) is 5. The van der Waals surface area contributed by atoms with Crippen molar-refractivity contribution in [3.05, 3.63) is 0 Å². The second-order valence-corrected chi connectivity index (χ2v) is 46.0. The number of carbonyl (C=O) groups is 3. The Morgan fingerprint density at radius 2 is 0.645 bits per heavy atom. The minimum atomic E-state index is -0.0969. The van der Waals surface area contributed by atoms with E-state index in [9.17, 15) is 24.6 Å². The Morgan fingerprint density at radius 3 is 0.871 bits per heavy atom. The third-order valence-electron chi connectivity index (χ3n) is 8.86. The second-order valence-electron chi connectivity index (χ2n) is 13.2. The molecule has 0 rings (SSSR count). The summed E-state index contributed by atoms with van der Waals surface area (Å²) in [5.41, 5.74) is 0. The van der Waals surface area contributed by atoms with Gasteiger partial charge in [0.15, 0.2) is 49.4 Å². The van der Waals surface area contributed by atoms with E-state index < -0.39 is 0 Å². The van der Waals surface area contributed by atoms with Gasteiger partial charge in [-0.05, 0) is 0 Å². The maximum absolute atomic E-state index is 13.7. The number of aliphatic hydroxyl groups is 2. The topological polar surface area (TPSA) is 101 Å². The normalized spacial score (nSPS) is 10.1. The van der Waals surface area contributed by atoms with Crippen molar-refractivity contribution in [2.45, 2.75) is 20.8 Å². The van der Waals surface area contributed by atoms with E-state index in [-0.39, 0.29) is 114 Å². The molecule has 2 N–H and O–H groups in total. The van der Waals surface area contributed by atoms with Gasteiger partial charge in [-0.15, -0.1) is 134 Å². The molecule has 62 heavy (non-hydrogen) atoms. The Bertz CT molecular complexity index is 1270. The molecule has 4 radical (unpaired) electrons. The lowest BCUT2D eigenvalue weighted by atomic mass is 8.82. The molecule has 0 saturated heterocycles. The first kappa shape index (κ1) is 76.5. The number of rotatable bonds is 30. The van der Waals surface area contributed by atoms with Crippen molar-refractivity contribution in [2.24, 2.45) is 0 Å². The summed E-state index contributed by atoms with van der Waals surface area (Å²) >= 11 is 50.4. The van der Waals surface area contributed by atoms with Crippen LogP contribution in [0.5, 0.6) is 0 Å². The van der Waals surface area contributed by atoms with Crippen LogP contribution in [-0.4, -0.2) is 185 Å². The first-order valence-corrected chi connectivity index (χ1v) is 42.7. The lowest BCUT2D eigenvalue weighted by molar-refractivity contribution is -0.125. The van der Waals surface area contributed by atoms with Crippen LogP contribution in [0.3, 0.4) is 0 Å². The molecule has 0 aliphatic carbocycles. The number of carbonyl (C=O) groups excluding carboxylic acids is 3. The van der Waals surface area contributed by atoms with Crippen LogP contribution in [-0.2, 0) is 14.4 Å². The fraction of sp³-hybridized carbons (Fsp3) is 0.700. The monoisotopic (exact) mass is 3060 g/mol. The average Bonchev–Trinajstić information content (AvgIpc) is 3.20. The van der Waals surface area contributed by atoms with E-state index >= 15 is 0 Å². The highest BCUT2D eigenvalue weighted by atomic mass is 127. The second kappa shape index (κ2) is 41.5. The molecule has 0 heterocycles. The lowest BCUT2D eigenvalue weighted by Gasteiger charge is -2.37. The van der Waals surface area contributed by atoms with Gasteiger partial charge in [0.05, 0.1) is 27.3 Å². The molecule has 0 aromatic heterocycles. The van der Waals surface area contributed by atoms with Crippen molar-refractivity contribution in [1.29, 1.82) is 0 Å². The average molecular weight is 3060 g/mol. The number of halogens is 20. The molecule has 0 spiro atoms.